The molecular formula is C24H46O4. The second-order valence-corrected chi connectivity index (χ2v) is 8.26. The number of aliphatic hydroxyl groups excluding tert-OH is 1. The summed E-state index contributed by atoms with van der Waals surface area (Å²) in [6, 6.07) is 0. The van der Waals surface area contributed by atoms with Gasteiger partial charge in [0.25, 0.3) is 0 Å². The van der Waals surface area contributed by atoms with Gasteiger partial charge < -0.3 is 9.84 Å². The summed E-state index contributed by atoms with van der Waals surface area (Å²) in [4.78, 5) is 23.4. The fourth-order valence-corrected chi connectivity index (χ4v) is 3.42. The van der Waals surface area contributed by atoms with E-state index in [-0.39, 0.29) is 12.5 Å². The van der Waals surface area contributed by atoms with Crippen LogP contribution in [0.25, 0.3) is 0 Å². The van der Waals surface area contributed by atoms with Crippen LogP contribution in [0.4, 0.5) is 0 Å². The molecule has 0 aromatic rings. The molecule has 0 fully saturated rings. The lowest BCUT2D eigenvalue weighted by atomic mass is 10.0. The summed E-state index contributed by atoms with van der Waals surface area (Å²) >= 11 is 0. The van der Waals surface area contributed by atoms with Crippen LogP contribution >= 0.6 is 0 Å². The van der Waals surface area contributed by atoms with Gasteiger partial charge in [-0.15, -0.1) is 0 Å². The molecule has 1 atom stereocenters. The molecule has 0 aromatic carbocycles. The van der Waals surface area contributed by atoms with E-state index in [1.165, 1.54) is 77.0 Å². The first kappa shape index (κ1) is 27.1. The van der Waals surface area contributed by atoms with Gasteiger partial charge >= 0.3 is 11.9 Å². The van der Waals surface area contributed by atoms with Crippen molar-refractivity contribution in [2.45, 2.75) is 129 Å². The van der Waals surface area contributed by atoms with Crippen LogP contribution in [0.5, 0.6) is 0 Å². The number of esters is 2. The predicted octanol–water partition coefficient (Wildman–Crippen LogP) is 6.73. The van der Waals surface area contributed by atoms with Gasteiger partial charge in [-0.1, -0.05) is 104 Å². The Morgan fingerprint density at radius 2 is 1.14 bits per heavy atom. The summed E-state index contributed by atoms with van der Waals surface area (Å²) in [5, 5.41) is 8.76. The number of hydrogen-bond acceptors (Lipinski definition) is 4. The van der Waals surface area contributed by atoms with Gasteiger partial charge in [0.05, 0.1) is 5.92 Å². The summed E-state index contributed by atoms with van der Waals surface area (Å²) in [6.45, 7) is 4.06. The molecule has 1 unspecified atom stereocenters. The van der Waals surface area contributed by atoms with E-state index >= 15 is 0 Å². The van der Waals surface area contributed by atoms with Crippen LogP contribution in [0.15, 0.2) is 0 Å². The van der Waals surface area contributed by atoms with E-state index in [0.29, 0.717) is 19.3 Å². The molecule has 0 saturated heterocycles. The molecule has 0 aliphatic heterocycles. The van der Waals surface area contributed by atoms with E-state index in [1.807, 2.05) is 0 Å². The first-order chi connectivity index (χ1) is 13.6. The molecule has 0 aliphatic carbocycles. The Bertz CT molecular complexity index is 368. The Balaban J connectivity index is 3.32. The molecular weight excluding hydrogens is 352 g/mol. The lowest BCUT2D eigenvalue weighted by Crippen LogP contribution is -2.19. The van der Waals surface area contributed by atoms with Crippen molar-refractivity contribution in [3.63, 3.8) is 0 Å². The highest BCUT2D eigenvalue weighted by Gasteiger charge is 2.17. The van der Waals surface area contributed by atoms with Crippen LogP contribution in [0.2, 0.25) is 0 Å². The molecule has 28 heavy (non-hydrogen) atoms. The molecule has 4 heteroatoms. The van der Waals surface area contributed by atoms with E-state index in [2.05, 4.69) is 6.92 Å². The molecule has 0 aromatic heterocycles. The largest absolute Gasteiger partial charge is 0.396 e. The number of carbonyl (C=O) groups is 2. The molecule has 0 bridgehead atoms. The van der Waals surface area contributed by atoms with Gasteiger partial charge in [-0.2, -0.15) is 0 Å². The van der Waals surface area contributed by atoms with Crippen molar-refractivity contribution in [2.24, 2.45) is 5.92 Å². The maximum atomic E-state index is 11.7. The lowest BCUT2D eigenvalue weighted by molar-refractivity contribution is -0.162. The summed E-state index contributed by atoms with van der Waals surface area (Å²) in [5.41, 5.74) is 0. The molecule has 1 N–H and O–H groups in total. The number of aliphatic hydroxyl groups is 1. The van der Waals surface area contributed by atoms with Gasteiger partial charge in [-0.3, -0.25) is 9.59 Å². The number of carbonyl (C=O) groups excluding carboxylic acids is 2. The highest BCUT2D eigenvalue weighted by atomic mass is 16.6. The van der Waals surface area contributed by atoms with E-state index < -0.39 is 11.9 Å². The normalized spacial score (nSPS) is 12.1. The van der Waals surface area contributed by atoms with Gasteiger partial charge in [-0.05, 0) is 19.3 Å². The Morgan fingerprint density at radius 3 is 1.57 bits per heavy atom. The van der Waals surface area contributed by atoms with Crippen LogP contribution in [-0.2, 0) is 14.3 Å². The topological polar surface area (TPSA) is 63.6 Å². The quantitative estimate of drug-likeness (QED) is 0.140. The summed E-state index contributed by atoms with van der Waals surface area (Å²) < 4.78 is 4.87. The molecule has 0 radical (unpaired) electrons. The van der Waals surface area contributed by atoms with E-state index in [0.717, 1.165) is 19.3 Å². The Hall–Kier alpha value is -0.900. The predicted molar refractivity (Wildman–Crippen MR) is 116 cm³/mol. The fraction of sp³-hybridized carbons (Fsp3) is 0.917. The molecule has 0 aliphatic rings. The Labute approximate surface area is 173 Å². The molecule has 4 nitrogen and oxygen atoms in total. The SMILES string of the molecule is CCCCCCCCCCCCCCCCCC(=O)OC(=O)C(C)CCCO. The zero-order valence-corrected chi connectivity index (χ0v) is 18.7. The maximum absolute atomic E-state index is 11.7. The molecule has 0 saturated carbocycles. The fourth-order valence-electron chi connectivity index (χ4n) is 3.42. The Kier molecular flexibility index (Phi) is 20.2. The Morgan fingerprint density at radius 1 is 0.714 bits per heavy atom. The summed E-state index contributed by atoms with van der Waals surface area (Å²) in [6.07, 6.45) is 20.8. The number of unbranched alkanes of at least 4 members (excludes halogenated alkanes) is 14. The van der Waals surface area contributed by atoms with Gasteiger partial charge in [-0.25, -0.2) is 0 Å². The number of ether oxygens (including phenoxy) is 1. The molecule has 0 rings (SSSR count). The van der Waals surface area contributed by atoms with Crippen molar-refractivity contribution in [1.29, 1.82) is 0 Å². The van der Waals surface area contributed by atoms with Crippen molar-refractivity contribution in [3.05, 3.63) is 0 Å². The number of hydrogen-bond donors (Lipinski definition) is 1. The summed E-state index contributed by atoms with van der Waals surface area (Å²) in [5.74, 6) is -1.19. The highest BCUT2D eigenvalue weighted by molar-refractivity contribution is 5.86. The monoisotopic (exact) mass is 398 g/mol. The van der Waals surface area contributed by atoms with Crippen LogP contribution in [-0.4, -0.2) is 23.7 Å². The van der Waals surface area contributed by atoms with Crippen molar-refractivity contribution >= 4 is 11.9 Å². The minimum atomic E-state index is -0.459. The second kappa shape index (κ2) is 20.8. The van der Waals surface area contributed by atoms with Gasteiger partial charge in [0.1, 0.15) is 0 Å². The minimum absolute atomic E-state index is 0.0602. The average molecular weight is 399 g/mol. The van der Waals surface area contributed by atoms with Crippen LogP contribution in [0.3, 0.4) is 0 Å². The van der Waals surface area contributed by atoms with E-state index in [1.54, 1.807) is 6.92 Å². The first-order valence-electron chi connectivity index (χ1n) is 12.0. The van der Waals surface area contributed by atoms with Gasteiger partial charge in [0, 0.05) is 13.0 Å². The van der Waals surface area contributed by atoms with E-state index in [4.69, 9.17) is 9.84 Å². The molecule has 0 heterocycles. The van der Waals surface area contributed by atoms with E-state index in [9.17, 15) is 9.59 Å². The maximum Gasteiger partial charge on any atom is 0.316 e. The van der Waals surface area contributed by atoms with Crippen LogP contribution in [0, 0.1) is 5.92 Å². The second-order valence-electron chi connectivity index (χ2n) is 8.26. The van der Waals surface area contributed by atoms with Crippen LogP contribution in [0.1, 0.15) is 129 Å². The van der Waals surface area contributed by atoms with Crippen molar-refractivity contribution < 1.29 is 19.4 Å². The summed E-state index contributed by atoms with van der Waals surface area (Å²) in [7, 11) is 0. The first-order valence-corrected chi connectivity index (χ1v) is 12.0. The zero-order valence-electron chi connectivity index (χ0n) is 18.7. The molecule has 166 valence electrons. The van der Waals surface area contributed by atoms with Gasteiger partial charge in [0.15, 0.2) is 0 Å². The molecule has 0 amide bonds. The lowest BCUT2D eigenvalue weighted by Gasteiger charge is -2.09. The highest BCUT2D eigenvalue weighted by Crippen LogP contribution is 2.14. The van der Waals surface area contributed by atoms with Crippen LogP contribution < -0.4 is 0 Å². The third kappa shape index (κ3) is 18.5. The third-order valence-corrected chi connectivity index (χ3v) is 5.40. The zero-order chi connectivity index (χ0) is 20.9. The van der Waals surface area contributed by atoms with Crippen molar-refractivity contribution in [2.75, 3.05) is 6.61 Å². The van der Waals surface area contributed by atoms with Crippen molar-refractivity contribution in [3.8, 4) is 0 Å². The molecule has 0 spiro atoms. The third-order valence-electron chi connectivity index (χ3n) is 5.40. The smallest absolute Gasteiger partial charge is 0.316 e. The standard InChI is InChI=1S/C24H46O4/c1-3-4-5-6-7-8-9-10-11-12-13-14-15-16-17-20-23(26)28-24(27)22(2)19-18-21-25/h22,25H,3-21H2,1-2H3. The average Bonchev–Trinajstić information content (AvgIpc) is 2.68. The van der Waals surface area contributed by atoms with Gasteiger partial charge in [0.2, 0.25) is 0 Å². The van der Waals surface area contributed by atoms with Crippen molar-refractivity contribution in [1.82, 2.24) is 0 Å². The number of rotatable bonds is 20. The minimum Gasteiger partial charge on any atom is -0.396 e.